The van der Waals surface area contributed by atoms with Crippen molar-refractivity contribution in [2.75, 3.05) is 14.2 Å². The van der Waals surface area contributed by atoms with Crippen molar-refractivity contribution in [2.45, 2.75) is 72.2 Å². The van der Waals surface area contributed by atoms with Crippen LogP contribution in [0.3, 0.4) is 0 Å². The van der Waals surface area contributed by atoms with Crippen LogP contribution in [0.4, 0.5) is 0 Å². The van der Waals surface area contributed by atoms with Gasteiger partial charge in [0.15, 0.2) is 0 Å². The van der Waals surface area contributed by atoms with E-state index in [9.17, 15) is 9.59 Å². The van der Waals surface area contributed by atoms with Crippen LogP contribution < -0.4 is 0 Å². The number of hydrogen-bond acceptors (Lipinski definition) is 6. The van der Waals surface area contributed by atoms with Crippen molar-refractivity contribution < 1.29 is 28.5 Å². The van der Waals surface area contributed by atoms with E-state index in [-0.39, 0.29) is 28.8 Å². The summed E-state index contributed by atoms with van der Waals surface area (Å²) in [5.74, 6) is -0.724. The average molecular weight is 459 g/mol. The SMILES string of the molecule is COC(C)(C)[C@@H]1CC[C@@]2(C)C[C@@H]1C(C=O)=C1O[C@](C)(OC)C=C1[C@@H]2/C=C/OC(=O)C=C(C)C. The lowest BCUT2D eigenvalue weighted by Crippen LogP contribution is -2.45. The van der Waals surface area contributed by atoms with Crippen molar-refractivity contribution in [3.8, 4) is 0 Å². The van der Waals surface area contributed by atoms with E-state index in [4.69, 9.17) is 18.9 Å². The second-order valence-electron chi connectivity index (χ2n) is 10.7. The van der Waals surface area contributed by atoms with Gasteiger partial charge in [0.25, 0.3) is 0 Å². The van der Waals surface area contributed by atoms with Crippen molar-refractivity contribution in [1.82, 2.24) is 0 Å². The van der Waals surface area contributed by atoms with Crippen LogP contribution in [-0.2, 0) is 28.5 Å². The molecule has 1 saturated carbocycles. The smallest absolute Gasteiger partial charge is 0.335 e. The monoisotopic (exact) mass is 458 g/mol. The summed E-state index contributed by atoms with van der Waals surface area (Å²) in [5.41, 5.74) is 1.91. The molecule has 6 heteroatoms. The molecule has 6 nitrogen and oxygen atoms in total. The summed E-state index contributed by atoms with van der Waals surface area (Å²) in [4.78, 5) is 24.5. The number of aldehydes is 1. The Balaban J connectivity index is 2.10. The van der Waals surface area contributed by atoms with E-state index >= 15 is 0 Å². The van der Waals surface area contributed by atoms with Gasteiger partial charge in [0.2, 0.25) is 5.79 Å². The molecule has 0 N–H and O–H groups in total. The Hall–Kier alpha value is -2.18. The summed E-state index contributed by atoms with van der Waals surface area (Å²) < 4.78 is 23.1. The zero-order valence-electron chi connectivity index (χ0n) is 21.2. The molecule has 0 saturated heterocycles. The second kappa shape index (κ2) is 9.22. The first-order valence-electron chi connectivity index (χ1n) is 11.6. The molecule has 0 aromatic heterocycles. The van der Waals surface area contributed by atoms with Crippen LogP contribution in [0.15, 0.2) is 47.0 Å². The van der Waals surface area contributed by atoms with Gasteiger partial charge in [-0.15, -0.1) is 0 Å². The van der Waals surface area contributed by atoms with Crippen LogP contribution in [-0.4, -0.2) is 37.9 Å². The van der Waals surface area contributed by atoms with Crippen molar-refractivity contribution in [3.05, 3.63) is 47.0 Å². The van der Waals surface area contributed by atoms with Gasteiger partial charge in [-0.3, -0.25) is 4.79 Å². The van der Waals surface area contributed by atoms with Crippen LogP contribution in [0.25, 0.3) is 0 Å². The third-order valence-corrected chi connectivity index (χ3v) is 7.74. The molecule has 0 unspecified atom stereocenters. The summed E-state index contributed by atoms with van der Waals surface area (Å²) in [6.07, 6.45) is 10.4. The minimum Gasteiger partial charge on any atom is -0.458 e. The molecule has 0 aromatic rings. The lowest BCUT2D eigenvalue weighted by atomic mass is 9.57. The predicted octanol–water partition coefficient (Wildman–Crippen LogP) is 5.26. The zero-order valence-corrected chi connectivity index (χ0v) is 21.2. The van der Waals surface area contributed by atoms with Gasteiger partial charge in [0, 0.05) is 44.3 Å². The van der Waals surface area contributed by atoms with E-state index < -0.39 is 11.8 Å². The Morgan fingerprint density at radius 2 is 1.94 bits per heavy atom. The van der Waals surface area contributed by atoms with Crippen molar-refractivity contribution >= 4 is 12.3 Å². The van der Waals surface area contributed by atoms with E-state index in [0.717, 1.165) is 36.7 Å². The topological polar surface area (TPSA) is 71.1 Å². The fourth-order valence-corrected chi connectivity index (χ4v) is 5.70. The minimum atomic E-state index is -0.960. The standard InChI is InChI=1S/C27H38O6/c1-17(2)13-23(29)32-12-10-22-19-15-27(6,31-8)33-24(19)20(16-28)18-14-26(22,5)11-9-21(18)25(3,4)30-7/h10,12-13,15-16,18,21-22H,9,11,14H2,1-8H3/b12-10+/t18-,21-,22+,26+,27+/m1/s1. The molecule has 0 spiro atoms. The number of carbonyl (C=O) groups excluding carboxylic acids is 2. The molecule has 1 fully saturated rings. The maximum atomic E-state index is 12.5. The predicted molar refractivity (Wildman–Crippen MR) is 126 cm³/mol. The lowest BCUT2D eigenvalue weighted by Gasteiger charge is -2.49. The maximum absolute atomic E-state index is 12.5. The Morgan fingerprint density at radius 3 is 2.52 bits per heavy atom. The summed E-state index contributed by atoms with van der Waals surface area (Å²) in [7, 11) is 3.32. The van der Waals surface area contributed by atoms with Gasteiger partial charge >= 0.3 is 5.97 Å². The summed E-state index contributed by atoms with van der Waals surface area (Å²) >= 11 is 0. The first-order valence-corrected chi connectivity index (χ1v) is 11.6. The number of hydrogen-bond donors (Lipinski definition) is 0. The first kappa shape index (κ1) is 25.4. The number of fused-ring (bicyclic) bond motifs is 3. The summed E-state index contributed by atoms with van der Waals surface area (Å²) in [6.45, 7) is 12.0. The zero-order chi connectivity index (χ0) is 24.6. The van der Waals surface area contributed by atoms with Crippen LogP contribution in [0, 0.1) is 23.2 Å². The normalized spacial score (nSPS) is 33.7. The number of allylic oxidation sites excluding steroid dienone is 4. The highest BCUT2D eigenvalue weighted by atomic mass is 16.7. The van der Waals surface area contributed by atoms with Gasteiger partial charge in [-0.05, 0) is 76.4 Å². The van der Waals surface area contributed by atoms with E-state index in [2.05, 4.69) is 20.8 Å². The molecular formula is C27H38O6. The molecular weight excluding hydrogens is 420 g/mol. The van der Waals surface area contributed by atoms with Crippen LogP contribution in [0.2, 0.25) is 0 Å². The van der Waals surface area contributed by atoms with Gasteiger partial charge in [-0.25, -0.2) is 4.79 Å². The van der Waals surface area contributed by atoms with Gasteiger partial charge in [0.1, 0.15) is 12.0 Å². The van der Waals surface area contributed by atoms with Crippen molar-refractivity contribution in [3.63, 3.8) is 0 Å². The Bertz CT molecular complexity index is 919. The van der Waals surface area contributed by atoms with Crippen molar-refractivity contribution in [1.29, 1.82) is 0 Å². The fraction of sp³-hybridized carbons (Fsp3) is 0.630. The molecule has 1 aliphatic heterocycles. The van der Waals surface area contributed by atoms with Crippen molar-refractivity contribution in [2.24, 2.45) is 23.2 Å². The Morgan fingerprint density at radius 1 is 1.24 bits per heavy atom. The maximum Gasteiger partial charge on any atom is 0.335 e. The number of rotatable bonds is 7. The lowest BCUT2D eigenvalue weighted by molar-refractivity contribution is -0.138. The number of methoxy groups -OCH3 is 2. The molecule has 1 heterocycles. The van der Waals surface area contributed by atoms with Crippen LogP contribution in [0.5, 0.6) is 0 Å². The molecule has 0 aromatic carbocycles. The second-order valence-corrected chi connectivity index (χ2v) is 10.7. The molecule has 0 amide bonds. The molecule has 0 radical (unpaired) electrons. The number of carbonyl (C=O) groups is 2. The summed E-state index contributed by atoms with van der Waals surface area (Å²) in [6, 6.07) is 0. The molecule has 182 valence electrons. The Kier molecular flexibility index (Phi) is 7.11. The van der Waals surface area contributed by atoms with E-state index in [0.29, 0.717) is 11.3 Å². The largest absolute Gasteiger partial charge is 0.458 e. The molecule has 2 aliphatic carbocycles. The Labute approximate surface area is 197 Å². The molecule has 2 bridgehead atoms. The summed E-state index contributed by atoms with van der Waals surface area (Å²) in [5, 5.41) is 0. The number of ether oxygens (including phenoxy) is 4. The highest BCUT2D eigenvalue weighted by Gasteiger charge is 2.54. The molecule has 33 heavy (non-hydrogen) atoms. The van der Waals surface area contributed by atoms with Gasteiger partial charge in [0.05, 0.1) is 11.9 Å². The van der Waals surface area contributed by atoms with E-state index in [1.807, 2.05) is 32.9 Å². The molecule has 3 rings (SSSR count). The van der Waals surface area contributed by atoms with E-state index in [1.54, 1.807) is 14.2 Å². The van der Waals surface area contributed by atoms with E-state index in [1.165, 1.54) is 12.3 Å². The quantitative estimate of drug-likeness (QED) is 0.224. The van der Waals surface area contributed by atoms with Gasteiger partial charge in [-0.1, -0.05) is 12.5 Å². The fourth-order valence-electron chi connectivity index (χ4n) is 5.70. The highest BCUT2D eigenvalue weighted by molar-refractivity contribution is 5.83. The highest BCUT2D eigenvalue weighted by Crippen LogP contribution is 2.59. The van der Waals surface area contributed by atoms with Crippen LogP contribution in [0.1, 0.15) is 60.8 Å². The minimum absolute atomic E-state index is 0.0135. The number of esters is 1. The third-order valence-electron chi connectivity index (χ3n) is 7.74. The molecule has 3 aliphatic rings. The average Bonchev–Trinajstić information content (AvgIpc) is 3.05. The first-order chi connectivity index (χ1) is 15.4. The van der Waals surface area contributed by atoms with Gasteiger partial charge < -0.3 is 18.9 Å². The third kappa shape index (κ3) is 4.87. The van der Waals surface area contributed by atoms with Crippen LogP contribution >= 0.6 is 0 Å². The molecule has 5 atom stereocenters. The van der Waals surface area contributed by atoms with Gasteiger partial charge in [-0.2, -0.15) is 0 Å².